The fourth-order valence-electron chi connectivity index (χ4n) is 1.67. The number of aryl methyl sites for hydroxylation is 1. The zero-order valence-electron chi connectivity index (χ0n) is 11.4. The second-order valence-corrected chi connectivity index (χ2v) is 4.08. The molecule has 2 aromatic rings. The van der Waals surface area contributed by atoms with Crippen molar-refractivity contribution >= 4 is 12.1 Å². The smallest absolute Gasteiger partial charge is 0.275 e. The van der Waals surface area contributed by atoms with E-state index in [1.165, 1.54) is 6.21 Å². The maximum absolute atomic E-state index is 12.0. The van der Waals surface area contributed by atoms with Crippen molar-refractivity contribution in [2.45, 2.75) is 13.8 Å². The van der Waals surface area contributed by atoms with Crippen LogP contribution in [0.3, 0.4) is 0 Å². The molecule has 5 heteroatoms. The first-order valence-electron chi connectivity index (χ1n) is 6.32. The summed E-state index contributed by atoms with van der Waals surface area (Å²) in [4.78, 5) is 12.0. The van der Waals surface area contributed by atoms with Crippen LogP contribution < -0.4 is 10.2 Å². The summed E-state index contributed by atoms with van der Waals surface area (Å²) in [5, 5.41) is 3.86. The van der Waals surface area contributed by atoms with Gasteiger partial charge in [-0.1, -0.05) is 12.1 Å². The Morgan fingerprint density at radius 1 is 1.35 bits per heavy atom. The Bertz CT molecular complexity index is 617. The lowest BCUT2D eigenvalue weighted by atomic mass is 10.2. The monoisotopic (exact) mass is 272 g/mol. The summed E-state index contributed by atoms with van der Waals surface area (Å²) in [6.07, 6.45) is 1.45. The van der Waals surface area contributed by atoms with E-state index in [0.29, 0.717) is 23.7 Å². The molecular formula is C15H16N2O3. The number of furan rings is 1. The maximum Gasteiger partial charge on any atom is 0.275 e. The lowest BCUT2D eigenvalue weighted by Gasteiger charge is -2.07. The van der Waals surface area contributed by atoms with E-state index in [2.05, 4.69) is 10.5 Å². The highest BCUT2D eigenvalue weighted by atomic mass is 16.5. The van der Waals surface area contributed by atoms with Crippen molar-refractivity contribution < 1.29 is 13.9 Å². The molecule has 1 amide bonds. The molecule has 0 aliphatic heterocycles. The van der Waals surface area contributed by atoms with Crippen LogP contribution in [0.1, 0.15) is 28.8 Å². The maximum atomic E-state index is 12.0. The van der Waals surface area contributed by atoms with Crippen molar-refractivity contribution in [2.75, 3.05) is 6.61 Å². The molecule has 20 heavy (non-hydrogen) atoms. The van der Waals surface area contributed by atoms with Crippen molar-refractivity contribution in [1.29, 1.82) is 0 Å². The molecule has 0 radical (unpaired) electrons. The van der Waals surface area contributed by atoms with Crippen LogP contribution in [0.25, 0.3) is 0 Å². The molecule has 0 spiro atoms. The molecule has 0 unspecified atom stereocenters. The molecule has 0 saturated carbocycles. The molecule has 0 aliphatic carbocycles. The van der Waals surface area contributed by atoms with E-state index in [-0.39, 0.29) is 5.91 Å². The summed E-state index contributed by atoms with van der Waals surface area (Å²) in [6.45, 7) is 4.21. The van der Waals surface area contributed by atoms with Crippen LogP contribution in [0.5, 0.6) is 5.75 Å². The molecule has 2 rings (SSSR count). The van der Waals surface area contributed by atoms with Gasteiger partial charge in [0, 0.05) is 0 Å². The number of carbonyl (C=O) groups is 1. The Balaban J connectivity index is 2.03. The molecule has 5 nitrogen and oxygen atoms in total. The average molecular weight is 272 g/mol. The predicted molar refractivity (Wildman–Crippen MR) is 76.1 cm³/mol. The van der Waals surface area contributed by atoms with Crippen LogP contribution in [0.15, 0.2) is 45.9 Å². The van der Waals surface area contributed by atoms with E-state index in [1.54, 1.807) is 24.3 Å². The first-order chi connectivity index (χ1) is 9.70. The quantitative estimate of drug-likeness (QED) is 0.672. The van der Waals surface area contributed by atoms with Gasteiger partial charge in [0.15, 0.2) is 0 Å². The van der Waals surface area contributed by atoms with Gasteiger partial charge in [0.05, 0.1) is 18.4 Å². The minimum Gasteiger partial charge on any atom is -0.493 e. The topological polar surface area (TPSA) is 63.8 Å². The van der Waals surface area contributed by atoms with E-state index in [1.807, 2.05) is 26.0 Å². The van der Waals surface area contributed by atoms with E-state index in [4.69, 9.17) is 9.15 Å². The first-order valence-corrected chi connectivity index (χ1v) is 6.32. The number of benzene rings is 1. The van der Waals surface area contributed by atoms with Crippen molar-refractivity contribution in [3.05, 3.63) is 53.5 Å². The van der Waals surface area contributed by atoms with Gasteiger partial charge in [0.25, 0.3) is 5.91 Å². The molecular weight excluding hydrogens is 256 g/mol. The predicted octanol–water partition coefficient (Wildman–Crippen LogP) is 2.75. The van der Waals surface area contributed by atoms with E-state index >= 15 is 0 Å². The third kappa shape index (κ3) is 3.47. The fourth-order valence-corrected chi connectivity index (χ4v) is 1.67. The molecule has 0 saturated heterocycles. The number of ether oxygens (including phenoxy) is 1. The molecule has 1 N–H and O–H groups in total. The number of hydrogen-bond donors (Lipinski definition) is 1. The standard InChI is InChI=1S/C15H16N2O3/c1-3-19-14-7-5-4-6-13(14)15(18)17-16-10-12-9-8-11(2)20-12/h4-10H,3H2,1-2H3,(H,17,18)/b16-10+. The fraction of sp³-hybridized carbons (Fsp3) is 0.200. The van der Waals surface area contributed by atoms with Crippen molar-refractivity contribution in [2.24, 2.45) is 5.10 Å². The minimum atomic E-state index is -0.325. The largest absolute Gasteiger partial charge is 0.493 e. The van der Waals surface area contributed by atoms with Crippen molar-refractivity contribution in [3.63, 3.8) is 0 Å². The number of para-hydroxylation sites is 1. The molecule has 1 heterocycles. The molecule has 104 valence electrons. The van der Waals surface area contributed by atoms with Crippen molar-refractivity contribution in [1.82, 2.24) is 5.43 Å². The summed E-state index contributed by atoms with van der Waals surface area (Å²) in [6, 6.07) is 10.6. The summed E-state index contributed by atoms with van der Waals surface area (Å²) in [5.74, 6) is 1.59. The third-order valence-electron chi connectivity index (χ3n) is 2.55. The second kappa shape index (κ2) is 6.56. The van der Waals surface area contributed by atoms with Crippen LogP contribution in [0, 0.1) is 6.92 Å². The lowest BCUT2D eigenvalue weighted by Crippen LogP contribution is -2.18. The Kier molecular flexibility index (Phi) is 4.55. The Morgan fingerprint density at radius 2 is 2.15 bits per heavy atom. The second-order valence-electron chi connectivity index (χ2n) is 4.08. The van der Waals surface area contributed by atoms with Crippen LogP contribution in [-0.4, -0.2) is 18.7 Å². The Morgan fingerprint density at radius 3 is 2.85 bits per heavy atom. The van der Waals surface area contributed by atoms with Gasteiger partial charge in [-0.15, -0.1) is 0 Å². The highest BCUT2D eigenvalue weighted by Crippen LogP contribution is 2.17. The zero-order chi connectivity index (χ0) is 14.4. The number of nitrogens with zero attached hydrogens (tertiary/aromatic N) is 1. The number of hydrazone groups is 1. The molecule has 1 aromatic carbocycles. The van der Waals surface area contributed by atoms with Gasteiger partial charge in [-0.2, -0.15) is 5.10 Å². The summed E-state index contributed by atoms with van der Waals surface area (Å²) < 4.78 is 10.7. The highest BCUT2D eigenvalue weighted by Gasteiger charge is 2.10. The van der Waals surface area contributed by atoms with Crippen LogP contribution in [0.4, 0.5) is 0 Å². The minimum absolute atomic E-state index is 0.325. The average Bonchev–Trinajstić information content (AvgIpc) is 2.85. The number of carbonyl (C=O) groups excluding carboxylic acids is 1. The molecule has 0 bridgehead atoms. The van der Waals surface area contributed by atoms with Crippen LogP contribution in [-0.2, 0) is 0 Å². The number of hydrogen-bond acceptors (Lipinski definition) is 4. The SMILES string of the molecule is CCOc1ccccc1C(=O)N/N=C/c1ccc(C)o1. The third-order valence-corrected chi connectivity index (χ3v) is 2.55. The highest BCUT2D eigenvalue weighted by molar-refractivity contribution is 5.97. The van der Waals surface area contributed by atoms with Gasteiger partial charge in [0.1, 0.15) is 17.3 Å². The molecule has 0 fully saturated rings. The van der Waals surface area contributed by atoms with E-state index < -0.39 is 0 Å². The first kappa shape index (κ1) is 13.9. The van der Waals surface area contributed by atoms with Crippen molar-refractivity contribution in [3.8, 4) is 5.75 Å². The van der Waals surface area contributed by atoms with Gasteiger partial charge < -0.3 is 9.15 Å². The Hall–Kier alpha value is -2.56. The molecule has 0 atom stereocenters. The summed E-state index contributed by atoms with van der Waals surface area (Å²) in [5.41, 5.74) is 2.89. The molecule has 0 aliphatic rings. The summed E-state index contributed by atoms with van der Waals surface area (Å²) in [7, 11) is 0. The number of rotatable bonds is 5. The van der Waals surface area contributed by atoms with Crippen LogP contribution >= 0.6 is 0 Å². The van der Waals surface area contributed by atoms with Gasteiger partial charge in [-0.25, -0.2) is 5.43 Å². The van der Waals surface area contributed by atoms with E-state index in [9.17, 15) is 4.79 Å². The molecule has 1 aromatic heterocycles. The van der Waals surface area contributed by atoms with Crippen LogP contribution in [0.2, 0.25) is 0 Å². The number of nitrogens with one attached hydrogen (secondary N) is 1. The number of amides is 1. The van der Waals surface area contributed by atoms with Gasteiger partial charge in [-0.05, 0) is 38.1 Å². The van der Waals surface area contributed by atoms with E-state index in [0.717, 1.165) is 5.76 Å². The van der Waals surface area contributed by atoms with Gasteiger partial charge >= 0.3 is 0 Å². The van der Waals surface area contributed by atoms with Gasteiger partial charge in [-0.3, -0.25) is 4.79 Å². The lowest BCUT2D eigenvalue weighted by molar-refractivity contribution is 0.0951. The zero-order valence-corrected chi connectivity index (χ0v) is 11.4. The Labute approximate surface area is 117 Å². The van der Waals surface area contributed by atoms with Gasteiger partial charge in [0.2, 0.25) is 0 Å². The summed E-state index contributed by atoms with van der Waals surface area (Å²) >= 11 is 0. The normalized spacial score (nSPS) is 10.7.